The van der Waals surface area contributed by atoms with Crippen molar-refractivity contribution < 1.29 is 0 Å². The van der Waals surface area contributed by atoms with Gasteiger partial charge >= 0.3 is 0 Å². The van der Waals surface area contributed by atoms with Crippen LogP contribution in [0.15, 0.2) is 5.16 Å². The minimum Gasteiger partial charge on any atom is -0.312 e. The van der Waals surface area contributed by atoms with E-state index in [0.717, 1.165) is 36.0 Å². The molecule has 2 fully saturated rings. The molecule has 1 aromatic rings. The number of thioether (sulfide) groups is 1. The molecule has 0 radical (unpaired) electrons. The first-order valence-electron chi connectivity index (χ1n) is 6.54. The molecule has 1 N–H and O–H groups in total. The summed E-state index contributed by atoms with van der Waals surface area (Å²) in [7, 11) is 0. The maximum Gasteiger partial charge on any atom is 0.209 e. The van der Waals surface area contributed by atoms with Gasteiger partial charge in [-0.1, -0.05) is 24.6 Å². The van der Waals surface area contributed by atoms with Crippen molar-refractivity contribution in [2.45, 2.75) is 49.8 Å². The first-order chi connectivity index (χ1) is 8.42. The molecule has 0 amide bonds. The summed E-state index contributed by atoms with van der Waals surface area (Å²) in [5.74, 6) is 2.14. The van der Waals surface area contributed by atoms with Crippen LogP contribution in [0.1, 0.15) is 32.1 Å². The second kappa shape index (κ2) is 5.35. The highest BCUT2D eigenvalue weighted by molar-refractivity contribution is 7.99. The average Bonchev–Trinajstić information content (AvgIpc) is 3.22. The molecule has 94 valence electrons. The Bertz CT molecular complexity index is 326. The molecule has 2 saturated carbocycles. The number of aromatic nitrogens is 4. The zero-order chi connectivity index (χ0) is 11.5. The van der Waals surface area contributed by atoms with Crippen molar-refractivity contribution in [2.75, 3.05) is 12.3 Å². The Balaban J connectivity index is 1.40. The largest absolute Gasteiger partial charge is 0.312 e. The number of tetrazole rings is 1. The van der Waals surface area contributed by atoms with E-state index in [9.17, 15) is 0 Å². The van der Waals surface area contributed by atoms with E-state index in [-0.39, 0.29) is 0 Å². The molecule has 5 nitrogen and oxygen atoms in total. The molecule has 6 heteroatoms. The maximum absolute atomic E-state index is 4.08. The molecule has 0 saturated heterocycles. The highest BCUT2D eigenvalue weighted by Crippen LogP contribution is 2.34. The smallest absolute Gasteiger partial charge is 0.209 e. The summed E-state index contributed by atoms with van der Waals surface area (Å²) >= 11 is 1.80. The second-order valence-electron chi connectivity index (χ2n) is 4.99. The van der Waals surface area contributed by atoms with Crippen LogP contribution < -0.4 is 5.32 Å². The number of rotatable bonds is 8. The molecule has 0 spiro atoms. The van der Waals surface area contributed by atoms with E-state index in [1.807, 2.05) is 4.68 Å². The number of hydrogen-bond donors (Lipinski definition) is 1. The zero-order valence-corrected chi connectivity index (χ0v) is 10.8. The quantitative estimate of drug-likeness (QED) is 0.708. The monoisotopic (exact) mass is 253 g/mol. The van der Waals surface area contributed by atoms with E-state index in [2.05, 4.69) is 20.8 Å². The van der Waals surface area contributed by atoms with Crippen molar-refractivity contribution in [3.63, 3.8) is 0 Å². The zero-order valence-electron chi connectivity index (χ0n) is 10.0. The van der Waals surface area contributed by atoms with Crippen LogP contribution in [0.3, 0.4) is 0 Å². The lowest BCUT2D eigenvalue weighted by Gasteiger charge is -2.04. The lowest BCUT2D eigenvalue weighted by atomic mass is 10.3. The Morgan fingerprint density at radius 1 is 1.29 bits per heavy atom. The van der Waals surface area contributed by atoms with Crippen LogP contribution in [0, 0.1) is 5.92 Å². The fourth-order valence-electron chi connectivity index (χ4n) is 1.83. The van der Waals surface area contributed by atoms with Gasteiger partial charge in [0.2, 0.25) is 5.16 Å². The van der Waals surface area contributed by atoms with E-state index < -0.39 is 0 Å². The van der Waals surface area contributed by atoms with Crippen molar-refractivity contribution in [1.29, 1.82) is 0 Å². The third-order valence-electron chi connectivity index (χ3n) is 3.29. The Kier molecular flexibility index (Phi) is 3.61. The molecule has 2 aliphatic carbocycles. The van der Waals surface area contributed by atoms with Gasteiger partial charge in [-0.05, 0) is 35.6 Å². The second-order valence-corrected chi connectivity index (χ2v) is 6.06. The third-order valence-corrected chi connectivity index (χ3v) is 4.28. The minimum atomic E-state index is 0.762. The van der Waals surface area contributed by atoms with Gasteiger partial charge in [-0.15, -0.1) is 5.10 Å². The summed E-state index contributed by atoms with van der Waals surface area (Å²) in [6.07, 6.45) is 6.84. The Labute approximate surface area is 106 Å². The van der Waals surface area contributed by atoms with E-state index in [4.69, 9.17) is 0 Å². The van der Waals surface area contributed by atoms with Gasteiger partial charge in [-0.2, -0.15) is 0 Å². The highest BCUT2D eigenvalue weighted by atomic mass is 32.2. The topological polar surface area (TPSA) is 55.6 Å². The van der Waals surface area contributed by atoms with Gasteiger partial charge in [0.05, 0.1) is 6.54 Å². The van der Waals surface area contributed by atoms with Gasteiger partial charge in [0.15, 0.2) is 0 Å². The Morgan fingerprint density at radius 2 is 2.18 bits per heavy atom. The molecule has 0 unspecified atom stereocenters. The lowest BCUT2D eigenvalue weighted by Crippen LogP contribution is -2.22. The molecule has 2 aliphatic rings. The van der Waals surface area contributed by atoms with Gasteiger partial charge in [-0.25, -0.2) is 4.68 Å². The van der Waals surface area contributed by atoms with Gasteiger partial charge in [0.1, 0.15) is 0 Å². The van der Waals surface area contributed by atoms with Crippen molar-refractivity contribution in [3.05, 3.63) is 0 Å². The predicted octanol–water partition coefficient (Wildman–Crippen LogP) is 1.32. The molecule has 17 heavy (non-hydrogen) atoms. The van der Waals surface area contributed by atoms with Crippen LogP contribution in [0.4, 0.5) is 0 Å². The molecular formula is C11H19N5S. The Morgan fingerprint density at radius 3 is 2.94 bits per heavy atom. The molecule has 1 aromatic heterocycles. The molecule has 0 aliphatic heterocycles. The molecular weight excluding hydrogens is 234 g/mol. The van der Waals surface area contributed by atoms with Crippen LogP contribution in [-0.2, 0) is 6.54 Å². The summed E-state index contributed by atoms with van der Waals surface area (Å²) in [6.45, 7) is 1.86. The molecule has 0 atom stereocenters. The first kappa shape index (κ1) is 11.5. The van der Waals surface area contributed by atoms with Crippen molar-refractivity contribution in [3.8, 4) is 0 Å². The Hall–Kier alpha value is -0.620. The molecule has 3 rings (SSSR count). The summed E-state index contributed by atoms with van der Waals surface area (Å²) < 4.78 is 1.92. The van der Waals surface area contributed by atoms with E-state index in [1.54, 1.807) is 11.8 Å². The van der Waals surface area contributed by atoms with Crippen LogP contribution in [-0.4, -0.2) is 38.5 Å². The average molecular weight is 253 g/mol. The fraction of sp³-hybridized carbons (Fsp3) is 0.909. The number of nitrogens with one attached hydrogen (secondary N) is 1. The van der Waals surface area contributed by atoms with Gasteiger partial charge < -0.3 is 5.32 Å². The van der Waals surface area contributed by atoms with Crippen LogP contribution in [0.2, 0.25) is 0 Å². The first-order valence-corrected chi connectivity index (χ1v) is 7.53. The SMILES string of the molecule is C(Cn1nnnc1SCCC1CC1)NC1CC1. The van der Waals surface area contributed by atoms with Crippen LogP contribution in [0.25, 0.3) is 0 Å². The number of hydrogen-bond acceptors (Lipinski definition) is 5. The standard InChI is InChI=1S/C11H19N5S/c1-2-9(1)5-8-17-11-13-14-15-16(11)7-6-12-10-3-4-10/h9-10,12H,1-8H2. The summed E-state index contributed by atoms with van der Waals surface area (Å²) in [4.78, 5) is 0. The van der Waals surface area contributed by atoms with Gasteiger partial charge in [-0.3, -0.25) is 0 Å². The van der Waals surface area contributed by atoms with Crippen LogP contribution in [0.5, 0.6) is 0 Å². The molecule has 0 bridgehead atoms. The summed E-state index contributed by atoms with van der Waals surface area (Å²) in [5.41, 5.74) is 0. The van der Waals surface area contributed by atoms with Gasteiger partial charge in [0.25, 0.3) is 0 Å². The normalized spacial score (nSPS) is 19.8. The van der Waals surface area contributed by atoms with Gasteiger partial charge in [0, 0.05) is 18.3 Å². The van der Waals surface area contributed by atoms with Crippen molar-refractivity contribution in [1.82, 2.24) is 25.5 Å². The number of nitrogens with zero attached hydrogens (tertiary/aromatic N) is 4. The van der Waals surface area contributed by atoms with E-state index in [0.29, 0.717) is 0 Å². The maximum atomic E-state index is 4.08. The fourth-order valence-corrected chi connectivity index (χ4v) is 2.83. The van der Waals surface area contributed by atoms with Crippen molar-refractivity contribution >= 4 is 11.8 Å². The van der Waals surface area contributed by atoms with Crippen LogP contribution >= 0.6 is 11.8 Å². The minimum absolute atomic E-state index is 0.762. The van der Waals surface area contributed by atoms with Crippen molar-refractivity contribution in [2.24, 2.45) is 5.92 Å². The highest BCUT2D eigenvalue weighted by Gasteiger charge is 2.21. The molecule has 0 aromatic carbocycles. The predicted molar refractivity (Wildman–Crippen MR) is 66.9 cm³/mol. The summed E-state index contributed by atoms with van der Waals surface area (Å²) in [6, 6.07) is 0.762. The van der Waals surface area contributed by atoms with E-state index in [1.165, 1.54) is 32.1 Å². The summed E-state index contributed by atoms with van der Waals surface area (Å²) in [5, 5.41) is 16.3. The third kappa shape index (κ3) is 3.67. The van der Waals surface area contributed by atoms with E-state index >= 15 is 0 Å². The molecule has 1 heterocycles. The lowest BCUT2D eigenvalue weighted by molar-refractivity contribution is 0.509.